The van der Waals surface area contributed by atoms with Gasteiger partial charge in [0.15, 0.2) is 0 Å². The molecule has 0 spiro atoms. The van der Waals surface area contributed by atoms with E-state index < -0.39 is 0 Å². The van der Waals surface area contributed by atoms with E-state index in [9.17, 15) is 0 Å². The summed E-state index contributed by atoms with van der Waals surface area (Å²) in [6, 6.07) is 11.0. The van der Waals surface area contributed by atoms with E-state index in [-0.39, 0.29) is 0 Å². The van der Waals surface area contributed by atoms with E-state index in [1.54, 1.807) is 0 Å². The summed E-state index contributed by atoms with van der Waals surface area (Å²) < 4.78 is 0. The molecule has 0 heterocycles. The molecule has 0 N–H and O–H groups in total. The molecule has 0 heteroatoms. The number of hydrogen-bond acceptors (Lipinski definition) is 0. The first-order valence-electron chi connectivity index (χ1n) is 23.5. The average molecular weight is 681 g/mol. The second-order valence-electron chi connectivity index (χ2n) is 16.4. The predicted molar refractivity (Wildman–Crippen MR) is 225 cm³/mol. The molecule has 0 aromatic heterocycles. The van der Waals surface area contributed by atoms with Crippen LogP contribution in [0.1, 0.15) is 276 Å². The zero-order chi connectivity index (χ0) is 34.8. The Hall–Kier alpha value is -0.780. The Morgan fingerprint density at radius 3 is 0.612 bits per heavy atom. The smallest absolute Gasteiger partial charge is 0.0279 e. The third kappa shape index (κ3) is 38.3. The highest BCUT2D eigenvalue weighted by Gasteiger charge is 1.98. The molecule has 0 amide bonds. The second kappa shape index (κ2) is 41.6. The van der Waals surface area contributed by atoms with Crippen LogP contribution in [-0.2, 0) is 6.42 Å². The van der Waals surface area contributed by atoms with Crippen molar-refractivity contribution in [1.82, 2.24) is 0 Å². The molecule has 0 aliphatic rings. The summed E-state index contributed by atoms with van der Waals surface area (Å²) >= 11 is 0. The number of hydrogen-bond donors (Lipinski definition) is 0. The first-order chi connectivity index (χ1) is 24.4. The normalized spacial score (nSPS) is 11.5. The summed E-state index contributed by atoms with van der Waals surface area (Å²) in [4.78, 5) is 0. The van der Waals surface area contributed by atoms with Crippen molar-refractivity contribution in [3.05, 3.63) is 35.9 Å². The van der Waals surface area contributed by atoms with Crippen molar-refractivity contribution < 1.29 is 0 Å². The Labute approximate surface area is 311 Å². The minimum absolute atomic E-state index is 1.26. The van der Waals surface area contributed by atoms with Crippen molar-refractivity contribution in [2.75, 3.05) is 0 Å². The molecule has 1 aromatic rings. The Morgan fingerprint density at radius 1 is 0.224 bits per heavy atom. The Bertz CT molecular complexity index is 691. The summed E-state index contributed by atoms with van der Waals surface area (Å²) in [5.41, 5.74) is 1.51. The summed E-state index contributed by atoms with van der Waals surface area (Å²) in [5.74, 6) is 0. The van der Waals surface area contributed by atoms with Crippen molar-refractivity contribution in [2.24, 2.45) is 0 Å². The maximum Gasteiger partial charge on any atom is -0.0279 e. The van der Waals surface area contributed by atoms with Gasteiger partial charge in [0.25, 0.3) is 0 Å². The Balaban J connectivity index is 1.60. The lowest BCUT2D eigenvalue weighted by Gasteiger charge is -2.05. The van der Waals surface area contributed by atoms with Gasteiger partial charge < -0.3 is 0 Å². The zero-order valence-corrected chi connectivity index (χ0v) is 34.1. The van der Waals surface area contributed by atoms with E-state index in [4.69, 9.17) is 0 Å². The van der Waals surface area contributed by atoms with Gasteiger partial charge in [-0.2, -0.15) is 0 Å². The fourth-order valence-corrected chi connectivity index (χ4v) is 7.94. The van der Waals surface area contributed by atoms with Crippen LogP contribution < -0.4 is 0 Å². The Morgan fingerprint density at radius 2 is 0.408 bits per heavy atom. The highest BCUT2D eigenvalue weighted by molar-refractivity contribution is 5.14. The summed E-state index contributed by atoms with van der Waals surface area (Å²) in [5, 5.41) is 0. The SMILES string of the molecule is CCCCCCCCCCCCCCCCCCCCCCCCCCCCCCCCCCCCCCCCCCCc1ccccc1. The molecule has 0 aliphatic heterocycles. The van der Waals surface area contributed by atoms with Crippen LogP contribution in [0.25, 0.3) is 0 Å². The van der Waals surface area contributed by atoms with Gasteiger partial charge in [0.1, 0.15) is 0 Å². The van der Waals surface area contributed by atoms with Gasteiger partial charge in [-0.1, -0.05) is 294 Å². The molecule has 0 saturated heterocycles. The minimum Gasteiger partial charge on any atom is -0.0654 e. The lowest BCUT2D eigenvalue weighted by atomic mass is 10.0. The molecule has 1 rings (SSSR count). The first-order valence-corrected chi connectivity index (χ1v) is 23.5. The number of aryl methyl sites for hydroxylation is 1. The van der Waals surface area contributed by atoms with Crippen LogP contribution in [0.5, 0.6) is 0 Å². The fourth-order valence-electron chi connectivity index (χ4n) is 7.94. The van der Waals surface area contributed by atoms with Crippen LogP contribution >= 0.6 is 0 Å². The van der Waals surface area contributed by atoms with Crippen LogP contribution in [-0.4, -0.2) is 0 Å². The van der Waals surface area contributed by atoms with Gasteiger partial charge in [0, 0.05) is 0 Å². The van der Waals surface area contributed by atoms with Gasteiger partial charge in [-0.05, 0) is 18.4 Å². The molecular weight excluding hydrogens is 589 g/mol. The molecule has 0 nitrogen and oxygen atoms in total. The van der Waals surface area contributed by atoms with Crippen molar-refractivity contribution in [3.8, 4) is 0 Å². The number of benzene rings is 1. The standard InChI is InChI=1S/C49H92/c1-2-3-4-5-6-7-8-9-10-11-12-13-14-15-16-17-18-19-20-21-22-23-24-25-26-27-28-29-30-31-32-33-34-35-36-37-38-39-40-41-43-46-49-47-44-42-45-48-49/h42,44-45,47-48H,2-41,43,46H2,1H3. The third-order valence-electron chi connectivity index (χ3n) is 11.4. The molecule has 49 heavy (non-hydrogen) atoms. The van der Waals surface area contributed by atoms with E-state index >= 15 is 0 Å². The summed E-state index contributed by atoms with van der Waals surface area (Å²) in [6.45, 7) is 2.31. The van der Waals surface area contributed by atoms with Gasteiger partial charge in [-0.3, -0.25) is 0 Å². The van der Waals surface area contributed by atoms with Crippen LogP contribution in [0, 0.1) is 0 Å². The summed E-state index contributed by atoms with van der Waals surface area (Å²) in [7, 11) is 0. The van der Waals surface area contributed by atoms with Gasteiger partial charge >= 0.3 is 0 Å². The molecule has 288 valence electrons. The van der Waals surface area contributed by atoms with Crippen LogP contribution in [0.3, 0.4) is 0 Å². The van der Waals surface area contributed by atoms with Crippen molar-refractivity contribution in [1.29, 1.82) is 0 Å². The van der Waals surface area contributed by atoms with Crippen LogP contribution in [0.4, 0.5) is 0 Å². The van der Waals surface area contributed by atoms with E-state index in [0.29, 0.717) is 0 Å². The highest BCUT2D eigenvalue weighted by Crippen LogP contribution is 2.18. The van der Waals surface area contributed by atoms with Crippen LogP contribution in [0.15, 0.2) is 30.3 Å². The second-order valence-corrected chi connectivity index (χ2v) is 16.4. The van der Waals surface area contributed by atoms with Gasteiger partial charge in [0.2, 0.25) is 0 Å². The topological polar surface area (TPSA) is 0 Å². The van der Waals surface area contributed by atoms with Crippen molar-refractivity contribution in [2.45, 2.75) is 277 Å². The van der Waals surface area contributed by atoms with E-state index in [1.807, 2.05) is 0 Å². The molecule has 0 bridgehead atoms. The Kier molecular flexibility index (Phi) is 39.3. The lowest BCUT2D eigenvalue weighted by molar-refractivity contribution is 0.509. The molecule has 0 unspecified atom stereocenters. The minimum atomic E-state index is 1.26. The predicted octanol–water partition coefficient (Wildman–Crippen LogP) is 18.2. The maximum atomic E-state index is 2.31. The zero-order valence-electron chi connectivity index (χ0n) is 34.1. The largest absolute Gasteiger partial charge is 0.0654 e. The molecule has 0 aliphatic carbocycles. The average Bonchev–Trinajstić information content (AvgIpc) is 3.12. The third-order valence-corrected chi connectivity index (χ3v) is 11.4. The van der Waals surface area contributed by atoms with E-state index in [0.717, 1.165) is 0 Å². The van der Waals surface area contributed by atoms with Crippen LogP contribution in [0.2, 0.25) is 0 Å². The van der Waals surface area contributed by atoms with Gasteiger partial charge in [-0.15, -0.1) is 0 Å². The molecule has 1 aromatic carbocycles. The monoisotopic (exact) mass is 681 g/mol. The molecule has 0 saturated carbocycles. The van der Waals surface area contributed by atoms with Crippen molar-refractivity contribution >= 4 is 0 Å². The molecular formula is C49H92. The maximum absolute atomic E-state index is 2.31. The quantitative estimate of drug-likeness (QED) is 0.0603. The van der Waals surface area contributed by atoms with E-state index in [1.165, 1.54) is 275 Å². The fraction of sp³-hybridized carbons (Fsp3) is 0.878. The molecule has 0 atom stereocenters. The lowest BCUT2D eigenvalue weighted by Crippen LogP contribution is -1.86. The molecule has 0 radical (unpaired) electrons. The van der Waals surface area contributed by atoms with E-state index in [2.05, 4.69) is 37.3 Å². The summed E-state index contributed by atoms with van der Waals surface area (Å²) in [6.07, 6.45) is 61.9. The first kappa shape index (κ1) is 46.2. The number of rotatable bonds is 42. The van der Waals surface area contributed by atoms with Crippen molar-refractivity contribution in [3.63, 3.8) is 0 Å². The van der Waals surface area contributed by atoms with Gasteiger partial charge in [0.05, 0.1) is 0 Å². The highest BCUT2D eigenvalue weighted by atomic mass is 14.0. The molecule has 0 fully saturated rings. The number of unbranched alkanes of at least 4 members (excludes halogenated alkanes) is 40. The van der Waals surface area contributed by atoms with Gasteiger partial charge in [-0.25, -0.2) is 0 Å².